The molecule has 8 nitrogen and oxygen atoms in total. The molecule has 1 aromatic heterocycles. The van der Waals surface area contributed by atoms with Crippen molar-refractivity contribution in [2.45, 2.75) is 33.4 Å². The Bertz CT molecular complexity index is 1370. The van der Waals surface area contributed by atoms with Gasteiger partial charge in [0.05, 0.1) is 43.1 Å². The lowest BCUT2D eigenvalue weighted by atomic mass is 10.1. The third kappa shape index (κ3) is 5.35. The van der Waals surface area contributed by atoms with Crippen molar-refractivity contribution < 1.29 is 18.6 Å². The lowest BCUT2D eigenvalue weighted by Gasteiger charge is -2.26. The summed E-state index contributed by atoms with van der Waals surface area (Å²) >= 11 is 0. The van der Waals surface area contributed by atoms with Crippen molar-refractivity contribution in [2.75, 3.05) is 18.6 Å². The molecule has 0 radical (unpaired) electrons. The zero-order valence-electron chi connectivity index (χ0n) is 20.8. The van der Waals surface area contributed by atoms with Crippen molar-refractivity contribution in [1.29, 1.82) is 5.41 Å². The van der Waals surface area contributed by atoms with Crippen LogP contribution >= 0.6 is 0 Å². The van der Waals surface area contributed by atoms with Crippen LogP contribution in [0.5, 0.6) is 17.2 Å². The molecule has 0 aliphatic heterocycles. The summed E-state index contributed by atoms with van der Waals surface area (Å²) in [6, 6.07) is 15.8. The van der Waals surface area contributed by atoms with Gasteiger partial charge in [0.1, 0.15) is 23.2 Å². The molecule has 9 heteroatoms. The minimum absolute atomic E-state index is 0.0449. The maximum absolute atomic E-state index is 15.9. The van der Waals surface area contributed by atoms with Crippen molar-refractivity contribution in [3.8, 4) is 17.2 Å². The number of nitrogens with one attached hydrogen (secondary N) is 2. The third-order valence-corrected chi connectivity index (χ3v) is 5.50. The number of hydrogen-bond donors (Lipinski definition) is 3. The number of hydrogen-bond acceptors (Lipinski definition) is 6. The van der Waals surface area contributed by atoms with Crippen LogP contribution in [0.15, 0.2) is 54.6 Å². The zero-order valence-corrected chi connectivity index (χ0v) is 20.8. The maximum atomic E-state index is 15.9. The Morgan fingerprint density at radius 2 is 1.86 bits per heavy atom. The molecule has 188 valence electrons. The largest absolute Gasteiger partial charge is 0.497 e. The number of benzene rings is 3. The average molecular weight is 492 g/mol. The van der Waals surface area contributed by atoms with Crippen molar-refractivity contribution in [2.24, 2.45) is 5.73 Å². The molecule has 0 atom stereocenters. The quantitative estimate of drug-likeness (QED) is 0.199. The fraction of sp³-hybridized carbons (Fsp3) is 0.259. The number of nitrogen functional groups attached to an aromatic ring is 1. The van der Waals surface area contributed by atoms with Crippen molar-refractivity contribution >= 4 is 28.2 Å². The summed E-state index contributed by atoms with van der Waals surface area (Å²) in [5.74, 6) is 1.36. The van der Waals surface area contributed by atoms with Crippen LogP contribution in [0.25, 0.3) is 11.0 Å². The lowest BCUT2D eigenvalue weighted by molar-refractivity contribution is 0.229. The van der Waals surface area contributed by atoms with E-state index in [-0.39, 0.29) is 29.9 Å². The topological polar surface area (TPSA) is 109 Å². The second-order valence-corrected chi connectivity index (χ2v) is 8.47. The first-order valence-electron chi connectivity index (χ1n) is 11.7. The van der Waals surface area contributed by atoms with Crippen LogP contribution in [-0.2, 0) is 6.54 Å². The molecule has 0 fully saturated rings. The molecule has 4 aromatic rings. The number of amidine groups is 1. The van der Waals surface area contributed by atoms with E-state index in [2.05, 4.69) is 4.98 Å². The minimum Gasteiger partial charge on any atom is -0.497 e. The van der Waals surface area contributed by atoms with Crippen LogP contribution in [0.4, 0.5) is 15.8 Å². The van der Waals surface area contributed by atoms with Gasteiger partial charge in [0.2, 0.25) is 0 Å². The average Bonchev–Trinajstić information content (AvgIpc) is 3.26. The highest BCUT2D eigenvalue weighted by Crippen LogP contribution is 2.38. The molecule has 0 spiro atoms. The van der Waals surface area contributed by atoms with Gasteiger partial charge in [0, 0.05) is 29.4 Å². The second-order valence-electron chi connectivity index (χ2n) is 8.47. The maximum Gasteiger partial charge on any atom is 0.188 e. The molecule has 0 saturated carbocycles. The van der Waals surface area contributed by atoms with Gasteiger partial charge in [0.15, 0.2) is 11.6 Å². The number of rotatable bonds is 10. The Morgan fingerprint density at radius 1 is 1.11 bits per heavy atom. The minimum atomic E-state index is -0.513. The number of H-pyrrole nitrogens is 1. The Balaban J connectivity index is 1.83. The highest BCUT2D eigenvalue weighted by atomic mass is 19.1. The van der Waals surface area contributed by atoms with Crippen LogP contribution in [0.1, 0.15) is 32.2 Å². The number of imidazole rings is 1. The number of halogens is 1. The Morgan fingerprint density at radius 3 is 2.50 bits per heavy atom. The molecule has 0 aliphatic rings. The van der Waals surface area contributed by atoms with Gasteiger partial charge >= 0.3 is 0 Å². The standard InChI is InChI=1S/C27H30FN5O3/c1-5-35-20-13-23(26(28)24(14-20)36-16(2)3)33(18-8-6-17(7-9-18)27(29)30)15-25-31-21-11-10-19(34-4)12-22(21)32-25/h6-14,16H,5,15H2,1-4H3,(H3,29,30)(H,31,32). The molecule has 0 amide bonds. The van der Waals surface area contributed by atoms with Gasteiger partial charge in [-0.3, -0.25) is 5.41 Å². The summed E-state index contributed by atoms with van der Waals surface area (Å²) in [5.41, 5.74) is 8.74. The predicted molar refractivity (Wildman–Crippen MR) is 139 cm³/mol. The van der Waals surface area contributed by atoms with Gasteiger partial charge in [-0.05, 0) is 57.2 Å². The SMILES string of the molecule is CCOc1cc(OC(C)C)c(F)c(N(Cc2nc3cc(OC)ccc3[nH]2)c2ccc(C(=N)N)cc2)c1. The summed E-state index contributed by atoms with van der Waals surface area (Å²) in [4.78, 5) is 9.79. The van der Waals surface area contributed by atoms with Crippen LogP contribution in [-0.4, -0.2) is 35.6 Å². The molecule has 0 unspecified atom stereocenters. The van der Waals surface area contributed by atoms with E-state index < -0.39 is 5.82 Å². The number of fused-ring (bicyclic) bond motifs is 1. The number of aromatic amines is 1. The first kappa shape index (κ1) is 24.8. The molecule has 36 heavy (non-hydrogen) atoms. The van der Waals surface area contributed by atoms with Crippen LogP contribution < -0.4 is 24.8 Å². The monoisotopic (exact) mass is 491 g/mol. The Labute approximate surface area is 209 Å². The highest BCUT2D eigenvalue weighted by Gasteiger charge is 2.22. The van der Waals surface area contributed by atoms with E-state index in [1.54, 1.807) is 48.4 Å². The summed E-state index contributed by atoms with van der Waals surface area (Å²) < 4.78 is 32.7. The van der Waals surface area contributed by atoms with E-state index in [4.69, 9.17) is 30.3 Å². The van der Waals surface area contributed by atoms with E-state index in [9.17, 15) is 0 Å². The zero-order chi connectivity index (χ0) is 25.8. The van der Waals surface area contributed by atoms with Gasteiger partial charge in [-0.1, -0.05) is 0 Å². The Kier molecular flexibility index (Phi) is 7.28. The molecule has 0 saturated heterocycles. The normalized spacial score (nSPS) is 11.1. The van der Waals surface area contributed by atoms with Crippen LogP contribution in [0.2, 0.25) is 0 Å². The van der Waals surface area contributed by atoms with Crippen molar-refractivity contribution in [3.63, 3.8) is 0 Å². The van der Waals surface area contributed by atoms with Gasteiger partial charge in [0.25, 0.3) is 0 Å². The Hall–Kier alpha value is -4.27. The number of anilines is 2. The van der Waals surface area contributed by atoms with Crippen LogP contribution in [0, 0.1) is 11.2 Å². The number of aromatic nitrogens is 2. The van der Waals surface area contributed by atoms with Gasteiger partial charge in [-0.15, -0.1) is 0 Å². The van der Waals surface area contributed by atoms with Crippen LogP contribution in [0.3, 0.4) is 0 Å². The third-order valence-electron chi connectivity index (χ3n) is 5.50. The molecule has 3 aromatic carbocycles. The molecule has 0 bridgehead atoms. The molecule has 4 N–H and O–H groups in total. The summed E-state index contributed by atoms with van der Waals surface area (Å²) in [5, 5.41) is 7.70. The van der Waals surface area contributed by atoms with E-state index >= 15 is 4.39 Å². The number of nitrogens with zero attached hydrogens (tertiary/aromatic N) is 2. The number of methoxy groups -OCH3 is 1. The van der Waals surface area contributed by atoms with Gasteiger partial charge in [-0.2, -0.15) is 0 Å². The van der Waals surface area contributed by atoms with E-state index in [1.165, 1.54) is 0 Å². The molecule has 4 rings (SSSR count). The fourth-order valence-electron chi connectivity index (χ4n) is 3.87. The highest BCUT2D eigenvalue weighted by molar-refractivity contribution is 5.95. The second kappa shape index (κ2) is 10.6. The summed E-state index contributed by atoms with van der Waals surface area (Å²) in [7, 11) is 1.60. The van der Waals surface area contributed by atoms with E-state index in [1.807, 2.05) is 39.0 Å². The number of nitrogens with two attached hydrogens (primary N) is 1. The van der Waals surface area contributed by atoms with Crippen molar-refractivity contribution in [1.82, 2.24) is 9.97 Å². The summed E-state index contributed by atoms with van der Waals surface area (Å²) in [6.45, 7) is 6.20. The lowest BCUT2D eigenvalue weighted by Crippen LogP contribution is -2.20. The molecular weight excluding hydrogens is 461 g/mol. The first-order valence-corrected chi connectivity index (χ1v) is 11.7. The molecule has 1 heterocycles. The van der Waals surface area contributed by atoms with Gasteiger partial charge < -0.3 is 29.8 Å². The fourth-order valence-corrected chi connectivity index (χ4v) is 3.87. The molecular formula is C27H30FN5O3. The predicted octanol–water partition coefficient (Wildman–Crippen LogP) is 5.52. The van der Waals surface area contributed by atoms with E-state index in [0.717, 1.165) is 11.0 Å². The summed E-state index contributed by atoms with van der Waals surface area (Å²) in [6.07, 6.45) is -0.224. The number of ether oxygens (including phenoxy) is 3. The van der Waals surface area contributed by atoms with Crippen molar-refractivity contribution in [3.05, 3.63) is 71.8 Å². The smallest absolute Gasteiger partial charge is 0.188 e. The first-order chi connectivity index (χ1) is 17.3. The van der Waals surface area contributed by atoms with Gasteiger partial charge in [-0.25, -0.2) is 9.37 Å². The molecule has 0 aliphatic carbocycles. The van der Waals surface area contributed by atoms with E-state index in [0.29, 0.717) is 35.2 Å².